The second-order valence-electron chi connectivity index (χ2n) is 2.86. The third-order valence-electron chi connectivity index (χ3n) is 2.03. The van der Waals surface area contributed by atoms with Crippen LogP contribution < -0.4 is 0 Å². The summed E-state index contributed by atoms with van der Waals surface area (Å²) in [7, 11) is 0. The van der Waals surface area contributed by atoms with Crippen LogP contribution in [0.1, 0.15) is 12.5 Å². The van der Waals surface area contributed by atoms with E-state index < -0.39 is 0 Å². The molecule has 4 heteroatoms. The smallest absolute Gasteiger partial charge is 0.113 e. The molecule has 0 bridgehead atoms. The molecule has 1 aromatic carbocycles. The minimum absolute atomic E-state index is 0.523. The number of rotatable bonds is 2. The molecule has 3 nitrogen and oxygen atoms in total. The van der Waals surface area contributed by atoms with Gasteiger partial charge in [0, 0.05) is 12.4 Å². The number of nitrogens with zero attached hydrogens (tertiary/aromatic N) is 3. The molecule has 0 atom stereocenters. The van der Waals surface area contributed by atoms with Gasteiger partial charge in [0.2, 0.25) is 0 Å². The Morgan fingerprint density at radius 1 is 1.46 bits per heavy atom. The van der Waals surface area contributed by atoms with Crippen LogP contribution in [-0.4, -0.2) is 15.0 Å². The molecule has 68 valence electrons. The van der Waals surface area contributed by atoms with Crippen molar-refractivity contribution in [1.82, 2.24) is 15.0 Å². The average molecular weight is 196 g/mol. The first-order valence-electron chi connectivity index (χ1n) is 4.23. The van der Waals surface area contributed by atoms with Gasteiger partial charge in [-0.2, -0.15) is 0 Å². The van der Waals surface area contributed by atoms with E-state index >= 15 is 0 Å². The van der Waals surface area contributed by atoms with Gasteiger partial charge in [0.1, 0.15) is 5.52 Å². The summed E-state index contributed by atoms with van der Waals surface area (Å²) in [5, 5.41) is 8.07. The molecule has 0 aliphatic rings. The van der Waals surface area contributed by atoms with Crippen LogP contribution in [0.15, 0.2) is 18.2 Å². The standard InChI is InChI=1S/C9H10ClN3/c1-2-13-9-4-3-7(6-10)5-8(9)11-12-13/h3-5H,2,6H2,1H3. The van der Waals surface area contributed by atoms with Crippen LogP contribution in [0.4, 0.5) is 0 Å². The Hall–Kier alpha value is -1.09. The fourth-order valence-electron chi connectivity index (χ4n) is 1.33. The van der Waals surface area contributed by atoms with Crippen molar-refractivity contribution >= 4 is 22.6 Å². The summed E-state index contributed by atoms with van der Waals surface area (Å²) < 4.78 is 1.87. The van der Waals surface area contributed by atoms with Crippen molar-refractivity contribution in [3.8, 4) is 0 Å². The molecular weight excluding hydrogens is 186 g/mol. The van der Waals surface area contributed by atoms with Crippen molar-refractivity contribution in [2.45, 2.75) is 19.3 Å². The van der Waals surface area contributed by atoms with Gasteiger partial charge in [-0.3, -0.25) is 0 Å². The lowest BCUT2D eigenvalue weighted by molar-refractivity contribution is 0.646. The molecule has 2 rings (SSSR count). The van der Waals surface area contributed by atoms with E-state index in [9.17, 15) is 0 Å². The Bertz CT molecular complexity index is 422. The zero-order valence-electron chi connectivity index (χ0n) is 7.37. The molecule has 1 heterocycles. The number of aryl methyl sites for hydroxylation is 1. The summed E-state index contributed by atoms with van der Waals surface area (Å²) in [6, 6.07) is 5.99. The van der Waals surface area contributed by atoms with Crippen molar-refractivity contribution in [3.63, 3.8) is 0 Å². The van der Waals surface area contributed by atoms with Crippen molar-refractivity contribution in [2.75, 3.05) is 0 Å². The molecule has 0 aliphatic heterocycles. The van der Waals surface area contributed by atoms with Crippen LogP contribution in [0.5, 0.6) is 0 Å². The van der Waals surface area contributed by atoms with Crippen LogP contribution >= 0.6 is 11.6 Å². The number of alkyl halides is 1. The van der Waals surface area contributed by atoms with Gasteiger partial charge in [0.05, 0.1) is 5.52 Å². The van der Waals surface area contributed by atoms with Gasteiger partial charge in [-0.15, -0.1) is 16.7 Å². The summed E-state index contributed by atoms with van der Waals surface area (Å²) in [6.07, 6.45) is 0. The largest absolute Gasteiger partial charge is 0.245 e. The second kappa shape index (κ2) is 3.34. The maximum Gasteiger partial charge on any atom is 0.113 e. The Morgan fingerprint density at radius 2 is 2.31 bits per heavy atom. The lowest BCUT2D eigenvalue weighted by atomic mass is 10.2. The molecule has 0 spiro atoms. The minimum Gasteiger partial charge on any atom is -0.245 e. The summed E-state index contributed by atoms with van der Waals surface area (Å²) in [6.45, 7) is 2.89. The van der Waals surface area contributed by atoms with Gasteiger partial charge < -0.3 is 0 Å². The number of halogens is 1. The van der Waals surface area contributed by atoms with Crippen molar-refractivity contribution in [1.29, 1.82) is 0 Å². The first kappa shape index (κ1) is 8.51. The molecule has 0 radical (unpaired) electrons. The molecule has 0 amide bonds. The first-order valence-corrected chi connectivity index (χ1v) is 4.76. The molecule has 0 N–H and O–H groups in total. The fourth-order valence-corrected chi connectivity index (χ4v) is 1.50. The highest BCUT2D eigenvalue weighted by Crippen LogP contribution is 2.14. The number of fused-ring (bicyclic) bond motifs is 1. The normalized spacial score (nSPS) is 10.9. The highest BCUT2D eigenvalue weighted by molar-refractivity contribution is 6.17. The highest BCUT2D eigenvalue weighted by Gasteiger charge is 2.02. The van der Waals surface area contributed by atoms with E-state index in [1.54, 1.807) is 0 Å². The molecule has 2 aromatic rings. The van der Waals surface area contributed by atoms with Crippen molar-refractivity contribution < 1.29 is 0 Å². The molecule has 13 heavy (non-hydrogen) atoms. The van der Waals surface area contributed by atoms with Gasteiger partial charge in [-0.1, -0.05) is 11.3 Å². The molecule has 1 aromatic heterocycles. The zero-order valence-corrected chi connectivity index (χ0v) is 8.12. The van der Waals surface area contributed by atoms with Gasteiger partial charge >= 0.3 is 0 Å². The van der Waals surface area contributed by atoms with E-state index in [2.05, 4.69) is 10.3 Å². The summed E-state index contributed by atoms with van der Waals surface area (Å²) in [5.74, 6) is 0.523. The predicted molar refractivity (Wildman–Crippen MR) is 52.8 cm³/mol. The second-order valence-corrected chi connectivity index (χ2v) is 3.13. The van der Waals surface area contributed by atoms with Crippen molar-refractivity contribution in [2.24, 2.45) is 0 Å². The Balaban J connectivity index is 2.61. The molecule has 0 fully saturated rings. The third-order valence-corrected chi connectivity index (χ3v) is 2.34. The predicted octanol–water partition coefficient (Wildman–Crippen LogP) is 2.19. The van der Waals surface area contributed by atoms with Crippen LogP contribution in [0.25, 0.3) is 11.0 Å². The van der Waals surface area contributed by atoms with E-state index in [-0.39, 0.29) is 0 Å². The number of benzene rings is 1. The van der Waals surface area contributed by atoms with Crippen LogP contribution in [-0.2, 0) is 12.4 Å². The van der Waals surface area contributed by atoms with Gasteiger partial charge in [-0.05, 0) is 24.6 Å². The number of hydrogen-bond donors (Lipinski definition) is 0. The Kier molecular flexibility index (Phi) is 2.19. The average Bonchev–Trinajstić information content (AvgIpc) is 2.59. The van der Waals surface area contributed by atoms with Crippen LogP contribution in [0.3, 0.4) is 0 Å². The lowest BCUT2D eigenvalue weighted by Gasteiger charge is -1.96. The van der Waals surface area contributed by atoms with E-state index in [4.69, 9.17) is 11.6 Å². The molecule has 0 saturated carbocycles. The maximum absolute atomic E-state index is 5.71. The van der Waals surface area contributed by atoms with Gasteiger partial charge in [0.15, 0.2) is 0 Å². The topological polar surface area (TPSA) is 30.7 Å². The van der Waals surface area contributed by atoms with E-state index in [1.807, 2.05) is 29.8 Å². The lowest BCUT2D eigenvalue weighted by Crippen LogP contribution is -1.95. The Labute approximate surface area is 81.3 Å². The van der Waals surface area contributed by atoms with Gasteiger partial charge in [-0.25, -0.2) is 4.68 Å². The van der Waals surface area contributed by atoms with Gasteiger partial charge in [0.25, 0.3) is 0 Å². The van der Waals surface area contributed by atoms with Crippen molar-refractivity contribution in [3.05, 3.63) is 23.8 Å². The zero-order chi connectivity index (χ0) is 9.26. The fraction of sp³-hybridized carbons (Fsp3) is 0.333. The van der Waals surface area contributed by atoms with E-state index in [1.165, 1.54) is 0 Å². The molecule has 0 unspecified atom stereocenters. The van der Waals surface area contributed by atoms with E-state index in [0.717, 1.165) is 23.1 Å². The Morgan fingerprint density at radius 3 is 3.00 bits per heavy atom. The summed E-state index contributed by atoms with van der Waals surface area (Å²) in [4.78, 5) is 0. The third kappa shape index (κ3) is 1.40. The SMILES string of the molecule is CCn1nnc2cc(CCl)ccc21. The molecule has 0 aliphatic carbocycles. The number of aromatic nitrogens is 3. The molecule has 0 saturated heterocycles. The number of hydrogen-bond acceptors (Lipinski definition) is 2. The monoisotopic (exact) mass is 195 g/mol. The summed E-state index contributed by atoms with van der Waals surface area (Å²) in [5.41, 5.74) is 3.06. The van der Waals surface area contributed by atoms with E-state index in [0.29, 0.717) is 5.88 Å². The maximum atomic E-state index is 5.71. The molecular formula is C9H10ClN3. The van der Waals surface area contributed by atoms with Crippen LogP contribution in [0, 0.1) is 0 Å². The highest BCUT2D eigenvalue weighted by atomic mass is 35.5. The van der Waals surface area contributed by atoms with Crippen LogP contribution in [0.2, 0.25) is 0 Å². The minimum atomic E-state index is 0.523. The first-order chi connectivity index (χ1) is 6.35. The summed E-state index contributed by atoms with van der Waals surface area (Å²) >= 11 is 5.71. The quantitative estimate of drug-likeness (QED) is 0.688.